The van der Waals surface area contributed by atoms with Crippen LogP contribution in [0, 0.1) is 11.8 Å². The van der Waals surface area contributed by atoms with Gasteiger partial charge in [0, 0.05) is 6.42 Å². The maximum absolute atomic E-state index is 10.3. The highest BCUT2D eigenvalue weighted by molar-refractivity contribution is 5.13. The van der Waals surface area contributed by atoms with Crippen LogP contribution < -0.4 is 0 Å². The third kappa shape index (κ3) is 5.23. The third-order valence-corrected chi connectivity index (χ3v) is 3.16. The first kappa shape index (κ1) is 12.6. The maximum Gasteiger partial charge on any atom is 0.125 e. The summed E-state index contributed by atoms with van der Waals surface area (Å²) in [6, 6.07) is 0. The van der Waals surface area contributed by atoms with Gasteiger partial charge in [-0.1, -0.05) is 38.5 Å². The van der Waals surface area contributed by atoms with Crippen molar-refractivity contribution in [2.45, 2.75) is 76.7 Å². The molecule has 1 nitrogen and oxygen atoms in total. The number of unbranched alkanes of at least 4 members (excludes halogenated alkanes) is 2. The van der Waals surface area contributed by atoms with E-state index in [4.69, 9.17) is 0 Å². The van der Waals surface area contributed by atoms with Gasteiger partial charge in [-0.15, -0.1) is 5.92 Å². The molecule has 0 bridgehead atoms. The van der Waals surface area contributed by atoms with E-state index in [1.54, 1.807) is 0 Å². The Morgan fingerprint density at radius 3 is 2.27 bits per heavy atom. The highest BCUT2D eigenvalue weighted by atomic mass is 16.3. The summed E-state index contributed by atoms with van der Waals surface area (Å²) < 4.78 is 0. The fourth-order valence-electron chi connectivity index (χ4n) is 2.11. The lowest BCUT2D eigenvalue weighted by Gasteiger charge is -2.24. The molecule has 0 aromatic heterocycles. The Morgan fingerprint density at radius 1 is 1.07 bits per heavy atom. The van der Waals surface area contributed by atoms with E-state index in [9.17, 15) is 5.11 Å². The van der Waals surface area contributed by atoms with Crippen LogP contribution in [0.5, 0.6) is 0 Å². The zero-order chi connectivity index (χ0) is 11.0. The Labute approximate surface area is 94.3 Å². The molecule has 1 rings (SSSR count). The predicted molar refractivity (Wildman–Crippen MR) is 64.6 cm³/mol. The fraction of sp³-hybridized carbons (Fsp3) is 0.857. The second-order valence-corrected chi connectivity index (χ2v) is 4.70. The molecule has 15 heavy (non-hydrogen) atoms. The molecule has 0 heterocycles. The van der Waals surface area contributed by atoms with Crippen molar-refractivity contribution in [3.8, 4) is 11.8 Å². The molecule has 1 saturated carbocycles. The van der Waals surface area contributed by atoms with E-state index in [0.29, 0.717) is 0 Å². The van der Waals surface area contributed by atoms with E-state index in [1.807, 2.05) is 0 Å². The van der Waals surface area contributed by atoms with Gasteiger partial charge in [0.25, 0.3) is 0 Å². The van der Waals surface area contributed by atoms with Gasteiger partial charge < -0.3 is 5.11 Å². The summed E-state index contributed by atoms with van der Waals surface area (Å²) in [7, 11) is 0. The van der Waals surface area contributed by atoms with Gasteiger partial charge in [-0.2, -0.15) is 0 Å². The molecular formula is C14H24O. The Kier molecular flexibility index (Phi) is 5.79. The number of hydrogen-bond donors (Lipinski definition) is 1. The van der Waals surface area contributed by atoms with E-state index in [1.165, 1.54) is 25.7 Å². The highest BCUT2D eigenvalue weighted by Gasteiger charge is 2.24. The topological polar surface area (TPSA) is 20.2 Å². The van der Waals surface area contributed by atoms with Crippen molar-refractivity contribution < 1.29 is 5.11 Å². The smallest absolute Gasteiger partial charge is 0.125 e. The molecule has 1 fully saturated rings. The minimum Gasteiger partial charge on any atom is -0.378 e. The molecule has 0 saturated heterocycles. The molecule has 0 aromatic rings. The second kappa shape index (κ2) is 6.90. The van der Waals surface area contributed by atoms with Gasteiger partial charge in [0.05, 0.1) is 0 Å². The summed E-state index contributed by atoms with van der Waals surface area (Å²) in [5, 5.41) is 10.3. The second-order valence-electron chi connectivity index (χ2n) is 4.70. The van der Waals surface area contributed by atoms with Gasteiger partial charge in [0.15, 0.2) is 0 Å². The van der Waals surface area contributed by atoms with E-state index in [-0.39, 0.29) is 0 Å². The minimum atomic E-state index is -0.659. The van der Waals surface area contributed by atoms with Gasteiger partial charge in [-0.25, -0.2) is 0 Å². The molecule has 0 spiro atoms. The standard InChI is InChI=1S/C14H24O/c1-2-3-4-8-11-14(15)12-9-6-5-7-10-13-14/h15H,2-7,9-10,12-13H2,1H3. The van der Waals surface area contributed by atoms with Crippen molar-refractivity contribution in [3.05, 3.63) is 0 Å². The number of rotatable bonds is 2. The van der Waals surface area contributed by atoms with Crippen LogP contribution in [0.25, 0.3) is 0 Å². The van der Waals surface area contributed by atoms with Crippen molar-refractivity contribution in [3.63, 3.8) is 0 Å². The minimum absolute atomic E-state index is 0.659. The molecule has 0 unspecified atom stereocenters. The Morgan fingerprint density at radius 2 is 1.67 bits per heavy atom. The SMILES string of the molecule is CCCCC#CC1(O)CCCCCCC1. The molecule has 86 valence electrons. The molecule has 1 aliphatic carbocycles. The molecule has 0 aliphatic heterocycles. The van der Waals surface area contributed by atoms with Gasteiger partial charge in [-0.05, 0) is 32.1 Å². The van der Waals surface area contributed by atoms with Crippen molar-refractivity contribution >= 4 is 0 Å². The first-order valence-electron chi connectivity index (χ1n) is 6.49. The van der Waals surface area contributed by atoms with Crippen LogP contribution in [0.2, 0.25) is 0 Å². The predicted octanol–water partition coefficient (Wildman–Crippen LogP) is 3.66. The van der Waals surface area contributed by atoms with Crippen molar-refractivity contribution in [1.82, 2.24) is 0 Å². The third-order valence-electron chi connectivity index (χ3n) is 3.16. The van der Waals surface area contributed by atoms with Crippen LogP contribution >= 0.6 is 0 Å². The molecule has 1 heteroatoms. The lowest BCUT2D eigenvalue weighted by Crippen LogP contribution is -2.27. The first-order valence-corrected chi connectivity index (χ1v) is 6.49. The lowest BCUT2D eigenvalue weighted by molar-refractivity contribution is 0.0717. The monoisotopic (exact) mass is 208 g/mol. The summed E-state index contributed by atoms with van der Waals surface area (Å²) in [4.78, 5) is 0. The summed E-state index contributed by atoms with van der Waals surface area (Å²) in [5.41, 5.74) is -0.659. The Bertz CT molecular complexity index is 213. The van der Waals surface area contributed by atoms with Gasteiger partial charge in [0.2, 0.25) is 0 Å². The Hall–Kier alpha value is -0.480. The average molecular weight is 208 g/mol. The summed E-state index contributed by atoms with van der Waals surface area (Å²) >= 11 is 0. The molecule has 1 aliphatic rings. The number of aliphatic hydroxyl groups is 1. The fourth-order valence-corrected chi connectivity index (χ4v) is 2.11. The molecule has 1 N–H and O–H groups in total. The molecule has 0 aromatic carbocycles. The van der Waals surface area contributed by atoms with Crippen molar-refractivity contribution in [1.29, 1.82) is 0 Å². The molecule has 0 radical (unpaired) electrons. The van der Waals surface area contributed by atoms with Crippen LogP contribution in [0.1, 0.15) is 71.1 Å². The summed E-state index contributed by atoms with van der Waals surface area (Å²) in [5.74, 6) is 6.25. The van der Waals surface area contributed by atoms with Crippen molar-refractivity contribution in [2.75, 3.05) is 0 Å². The average Bonchev–Trinajstić information content (AvgIpc) is 2.20. The normalized spacial score (nSPS) is 20.9. The Balaban J connectivity index is 2.41. The van der Waals surface area contributed by atoms with Gasteiger partial charge in [0.1, 0.15) is 5.60 Å². The van der Waals surface area contributed by atoms with Crippen LogP contribution in [0.15, 0.2) is 0 Å². The van der Waals surface area contributed by atoms with E-state index in [0.717, 1.165) is 38.5 Å². The van der Waals surface area contributed by atoms with Crippen LogP contribution in [-0.4, -0.2) is 10.7 Å². The lowest BCUT2D eigenvalue weighted by atomic mass is 9.87. The van der Waals surface area contributed by atoms with Crippen LogP contribution in [0.3, 0.4) is 0 Å². The summed E-state index contributed by atoms with van der Waals surface area (Å²) in [6.45, 7) is 2.17. The van der Waals surface area contributed by atoms with Crippen molar-refractivity contribution in [2.24, 2.45) is 0 Å². The first-order chi connectivity index (χ1) is 7.27. The largest absolute Gasteiger partial charge is 0.378 e. The summed E-state index contributed by atoms with van der Waals surface area (Å²) in [6.07, 6.45) is 11.2. The number of hydrogen-bond acceptors (Lipinski definition) is 1. The van der Waals surface area contributed by atoms with E-state index >= 15 is 0 Å². The van der Waals surface area contributed by atoms with Gasteiger partial charge in [-0.3, -0.25) is 0 Å². The zero-order valence-electron chi connectivity index (χ0n) is 10.0. The zero-order valence-corrected chi connectivity index (χ0v) is 10.0. The molecule has 0 amide bonds. The van der Waals surface area contributed by atoms with Crippen LogP contribution in [0.4, 0.5) is 0 Å². The van der Waals surface area contributed by atoms with E-state index in [2.05, 4.69) is 18.8 Å². The van der Waals surface area contributed by atoms with Crippen LogP contribution in [-0.2, 0) is 0 Å². The quantitative estimate of drug-likeness (QED) is 0.542. The maximum atomic E-state index is 10.3. The van der Waals surface area contributed by atoms with Gasteiger partial charge >= 0.3 is 0 Å². The molecular weight excluding hydrogens is 184 g/mol. The van der Waals surface area contributed by atoms with E-state index < -0.39 is 5.60 Å². The molecule has 0 atom stereocenters. The highest BCUT2D eigenvalue weighted by Crippen LogP contribution is 2.25.